The molecule has 1 aliphatic rings. The van der Waals surface area contributed by atoms with E-state index in [2.05, 4.69) is 21.2 Å². The van der Waals surface area contributed by atoms with Crippen molar-refractivity contribution in [1.82, 2.24) is 0 Å². The maximum absolute atomic E-state index is 12.4. The fourth-order valence-electron chi connectivity index (χ4n) is 2.54. The van der Waals surface area contributed by atoms with Gasteiger partial charge in [-0.2, -0.15) is 0 Å². The number of fused-ring (bicyclic) bond motifs is 1. The van der Waals surface area contributed by atoms with Crippen LogP contribution in [0.15, 0.2) is 40.9 Å². The van der Waals surface area contributed by atoms with Crippen LogP contribution in [-0.4, -0.2) is 25.0 Å². The molecule has 0 atom stereocenters. The molecule has 0 bridgehead atoms. The van der Waals surface area contributed by atoms with Crippen molar-refractivity contribution in [2.75, 3.05) is 23.4 Å². The zero-order valence-electron chi connectivity index (χ0n) is 13.4. The molecule has 0 saturated carbocycles. The van der Waals surface area contributed by atoms with E-state index < -0.39 is 0 Å². The monoisotopic (exact) mass is 388 g/mol. The van der Waals surface area contributed by atoms with Gasteiger partial charge in [0.05, 0.1) is 11.4 Å². The Labute approximate surface area is 148 Å². The third-order valence-corrected chi connectivity index (χ3v) is 4.41. The molecule has 0 fully saturated rings. The van der Waals surface area contributed by atoms with E-state index in [1.165, 1.54) is 4.90 Å². The van der Waals surface area contributed by atoms with Gasteiger partial charge in [-0.3, -0.25) is 14.5 Å². The van der Waals surface area contributed by atoms with Crippen molar-refractivity contribution in [1.29, 1.82) is 0 Å². The average Bonchev–Trinajstić information content (AvgIpc) is 2.53. The first-order chi connectivity index (χ1) is 11.4. The van der Waals surface area contributed by atoms with E-state index in [4.69, 9.17) is 4.74 Å². The molecule has 6 heteroatoms. The highest BCUT2D eigenvalue weighted by Gasteiger charge is 2.27. The highest BCUT2D eigenvalue weighted by molar-refractivity contribution is 9.10. The number of ether oxygens (including phenoxy) is 1. The smallest absolute Gasteiger partial charge is 0.265 e. The Morgan fingerprint density at radius 3 is 2.67 bits per heavy atom. The zero-order chi connectivity index (χ0) is 17.3. The second-order valence-electron chi connectivity index (χ2n) is 5.77. The summed E-state index contributed by atoms with van der Waals surface area (Å²) in [6.07, 6.45) is 0. The first-order valence-electron chi connectivity index (χ1n) is 7.54. The average molecular weight is 389 g/mol. The number of rotatable bonds is 3. The SMILES string of the molecule is Cc1ccc(NC(=O)CN2C(=O)COc3cc(C)ccc32)c(Br)c1. The molecule has 2 amide bonds. The first kappa shape index (κ1) is 16.5. The van der Waals surface area contributed by atoms with E-state index in [0.717, 1.165) is 15.6 Å². The van der Waals surface area contributed by atoms with Gasteiger partial charge >= 0.3 is 0 Å². The molecule has 1 heterocycles. The van der Waals surface area contributed by atoms with Crippen molar-refractivity contribution < 1.29 is 14.3 Å². The van der Waals surface area contributed by atoms with Crippen LogP contribution >= 0.6 is 15.9 Å². The van der Waals surface area contributed by atoms with Crippen LogP contribution in [0.4, 0.5) is 11.4 Å². The summed E-state index contributed by atoms with van der Waals surface area (Å²) in [7, 11) is 0. The molecule has 0 spiro atoms. The van der Waals surface area contributed by atoms with Gasteiger partial charge in [-0.25, -0.2) is 0 Å². The minimum atomic E-state index is -0.263. The number of amides is 2. The lowest BCUT2D eigenvalue weighted by Gasteiger charge is -2.29. The van der Waals surface area contributed by atoms with Gasteiger partial charge in [0, 0.05) is 4.47 Å². The first-order valence-corrected chi connectivity index (χ1v) is 8.33. The van der Waals surface area contributed by atoms with Crippen LogP contribution in [0.5, 0.6) is 5.75 Å². The van der Waals surface area contributed by atoms with Crippen LogP contribution < -0.4 is 15.0 Å². The maximum atomic E-state index is 12.4. The minimum Gasteiger partial charge on any atom is -0.482 e. The van der Waals surface area contributed by atoms with Gasteiger partial charge in [0.25, 0.3) is 5.91 Å². The third-order valence-electron chi connectivity index (χ3n) is 3.76. The number of hydrogen-bond donors (Lipinski definition) is 1. The normalized spacial score (nSPS) is 13.3. The molecule has 5 nitrogen and oxygen atoms in total. The fourth-order valence-corrected chi connectivity index (χ4v) is 3.13. The van der Waals surface area contributed by atoms with Crippen molar-refractivity contribution in [2.45, 2.75) is 13.8 Å². The maximum Gasteiger partial charge on any atom is 0.265 e. The molecule has 0 aliphatic carbocycles. The Hall–Kier alpha value is -2.34. The Morgan fingerprint density at radius 2 is 1.92 bits per heavy atom. The molecule has 3 rings (SSSR count). The summed E-state index contributed by atoms with van der Waals surface area (Å²) in [6.45, 7) is 3.81. The Bertz CT molecular complexity index is 820. The molecule has 1 N–H and O–H groups in total. The fraction of sp³-hybridized carbons (Fsp3) is 0.222. The van der Waals surface area contributed by atoms with Crippen LogP contribution in [0.25, 0.3) is 0 Å². The van der Waals surface area contributed by atoms with Gasteiger partial charge < -0.3 is 10.1 Å². The molecule has 2 aromatic carbocycles. The molecular weight excluding hydrogens is 372 g/mol. The molecule has 1 aliphatic heterocycles. The predicted octanol–water partition coefficient (Wildman–Crippen LogP) is 3.43. The van der Waals surface area contributed by atoms with Crippen molar-refractivity contribution in [2.24, 2.45) is 0 Å². The third kappa shape index (κ3) is 3.43. The van der Waals surface area contributed by atoms with Crippen molar-refractivity contribution in [3.8, 4) is 5.75 Å². The molecular formula is C18H17BrN2O3. The Kier molecular flexibility index (Phi) is 4.57. The number of halogens is 1. The van der Waals surface area contributed by atoms with E-state index in [1.54, 1.807) is 6.07 Å². The van der Waals surface area contributed by atoms with E-state index >= 15 is 0 Å². The second-order valence-corrected chi connectivity index (χ2v) is 6.63. The number of carbonyl (C=O) groups excluding carboxylic acids is 2. The van der Waals surface area contributed by atoms with E-state index in [9.17, 15) is 9.59 Å². The Morgan fingerprint density at radius 1 is 1.21 bits per heavy atom. The van der Waals surface area contributed by atoms with E-state index in [-0.39, 0.29) is 25.0 Å². The molecule has 0 unspecified atom stereocenters. The van der Waals surface area contributed by atoms with Gasteiger partial charge in [-0.1, -0.05) is 12.1 Å². The van der Waals surface area contributed by atoms with Gasteiger partial charge in [-0.15, -0.1) is 0 Å². The van der Waals surface area contributed by atoms with Crippen LogP contribution in [-0.2, 0) is 9.59 Å². The molecule has 2 aromatic rings. The van der Waals surface area contributed by atoms with Crippen LogP contribution in [0.2, 0.25) is 0 Å². The van der Waals surface area contributed by atoms with Crippen molar-refractivity contribution in [3.63, 3.8) is 0 Å². The summed E-state index contributed by atoms with van der Waals surface area (Å²) >= 11 is 3.43. The highest BCUT2D eigenvalue weighted by atomic mass is 79.9. The standard InChI is InChI=1S/C18H17BrN2O3/c1-11-3-5-14(13(19)7-11)20-17(22)9-21-15-6-4-12(2)8-16(15)24-10-18(21)23/h3-8H,9-10H2,1-2H3,(H,20,22). The lowest BCUT2D eigenvalue weighted by atomic mass is 10.1. The number of hydrogen-bond acceptors (Lipinski definition) is 3. The molecule has 24 heavy (non-hydrogen) atoms. The predicted molar refractivity (Wildman–Crippen MR) is 96.5 cm³/mol. The number of nitrogens with zero attached hydrogens (tertiary/aromatic N) is 1. The molecule has 0 saturated heterocycles. The van der Waals surface area contributed by atoms with Crippen LogP contribution in [0.3, 0.4) is 0 Å². The second kappa shape index (κ2) is 6.65. The summed E-state index contributed by atoms with van der Waals surface area (Å²) in [5.41, 5.74) is 3.43. The van der Waals surface area contributed by atoms with Crippen LogP contribution in [0.1, 0.15) is 11.1 Å². The van der Waals surface area contributed by atoms with Gasteiger partial charge in [-0.05, 0) is 65.2 Å². The molecule has 124 valence electrons. The van der Waals surface area contributed by atoms with Crippen molar-refractivity contribution in [3.05, 3.63) is 52.0 Å². The van der Waals surface area contributed by atoms with E-state index in [0.29, 0.717) is 17.1 Å². The summed E-state index contributed by atoms with van der Waals surface area (Å²) in [4.78, 5) is 26.0. The minimum absolute atomic E-state index is 0.0570. The topological polar surface area (TPSA) is 58.6 Å². The zero-order valence-corrected chi connectivity index (χ0v) is 15.0. The number of anilines is 2. The number of nitrogens with one attached hydrogen (secondary N) is 1. The number of benzene rings is 2. The summed E-state index contributed by atoms with van der Waals surface area (Å²) in [5.74, 6) is 0.129. The number of carbonyl (C=O) groups is 2. The van der Waals surface area contributed by atoms with Crippen LogP contribution in [0, 0.1) is 13.8 Å². The highest BCUT2D eigenvalue weighted by Crippen LogP contribution is 2.32. The van der Waals surface area contributed by atoms with E-state index in [1.807, 2.05) is 44.2 Å². The van der Waals surface area contributed by atoms with Crippen molar-refractivity contribution >= 4 is 39.1 Å². The largest absolute Gasteiger partial charge is 0.482 e. The molecule has 0 radical (unpaired) electrons. The molecule has 0 aromatic heterocycles. The summed E-state index contributed by atoms with van der Waals surface area (Å²) in [6, 6.07) is 11.2. The summed E-state index contributed by atoms with van der Waals surface area (Å²) in [5, 5.41) is 2.83. The van der Waals surface area contributed by atoms with Gasteiger partial charge in [0.2, 0.25) is 5.91 Å². The van der Waals surface area contributed by atoms with Gasteiger partial charge in [0.1, 0.15) is 12.3 Å². The number of aryl methyl sites for hydroxylation is 2. The lowest BCUT2D eigenvalue weighted by Crippen LogP contribution is -2.43. The quantitative estimate of drug-likeness (QED) is 0.875. The summed E-state index contributed by atoms with van der Waals surface area (Å²) < 4.78 is 6.25. The van der Waals surface area contributed by atoms with Gasteiger partial charge in [0.15, 0.2) is 6.61 Å². The Balaban J connectivity index is 1.78. The lowest BCUT2D eigenvalue weighted by molar-refractivity contribution is -0.123.